The number of hydrogen-bond donors (Lipinski definition) is 1. The molecule has 0 aromatic heterocycles. The number of rotatable bonds is 3. The molecule has 1 aliphatic rings. The van der Waals surface area contributed by atoms with Gasteiger partial charge in [0.15, 0.2) is 0 Å². The summed E-state index contributed by atoms with van der Waals surface area (Å²) in [6.45, 7) is 1.32. The number of methoxy groups -OCH3 is 1. The molecule has 0 radical (unpaired) electrons. The van der Waals surface area contributed by atoms with Crippen LogP contribution in [0, 0.1) is 5.82 Å². The highest BCUT2D eigenvalue weighted by Gasteiger charge is 2.30. The first-order chi connectivity index (χ1) is 11.0. The predicted octanol–water partition coefficient (Wildman–Crippen LogP) is 3.58. The molecule has 1 heterocycles. The molecule has 1 saturated heterocycles. The van der Waals surface area contributed by atoms with E-state index in [0.29, 0.717) is 23.8 Å². The SMILES string of the molecule is COC(=O)c1cc(F)cc(N2CC(c3ccc(O)cc3Cl)C2)c1. The van der Waals surface area contributed by atoms with Crippen LogP contribution in [0.5, 0.6) is 5.75 Å². The molecule has 0 amide bonds. The zero-order valence-electron chi connectivity index (χ0n) is 12.4. The Morgan fingerprint density at radius 3 is 2.70 bits per heavy atom. The molecule has 1 fully saturated rings. The molecule has 1 N–H and O–H groups in total. The van der Waals surface area contributed by atoms with Gasteiger partial charge in [-0.05, 0) is 35.9 Å². The fourth-order valence-corrected chi connectivity index (χ4v) is 3.05. The van der Waals surface area contributed by atoms with Gasteiger partial charge in [0, 0.05) is 29.7 Å². The van der Waals surface area contributed by atoms with Crippen LogP contribution in [0.4, 0.5) is 10.1 Å². The highest BCUT2D eigenvalue weighted by atomic mass is 35.5. The Bertz CT molecular complexity index is 759. The third-order valence-electron chi connectivity index (χ3n) is 3.97. The second kappa shape index (κ2) is 6.08. The Balaban J connectivity index is 1.76. The molecule has 4 nitrogen and oxygen atoms in total. The number of halogens is 2. The van der Waals surface area contributed by atoms with Crippen LogP contribution in [-0.2, 0) is 4.74 Å². The average molecular weight is 336 g/mol. The molecule has 0 aliphatic carbocycles. The van der Waals surface area contributed by atoms with Crippen LogP contribution in [-0.4, -0.2) is 31.3 Å². The Labute approximate surface area is 138 Å². The summed E-state index contributed by atoms with van der Waals surface area (Å²) in [5.74, 6) is -0.714. The van der Waals surface area contributed by atoms with E-state index in [1.807, 2.05) is 4.90 Å². The Hall–Kier alpha value is -2.27. The van der Waals surface area contributed by atoms with Crippen LogP contribution in [0.2, 0.25) is 5.02 Å². The molecule has 3 rings (SSSR count). The largest absolute Gasteiger partial charge is 0.508 e. The van der Waals surface area contributed by atoms with Gasteiger partial charge < -0.3 is 14.7 Å². The number of carbonyl (C=O) groups excluding carboxylic acids is 1. The summed E-state index contributed by atoms with van der Waals surface area (Å²) in [7, 11) is 1.26. The summed E-state index contributed by atoms with van der Waals surface area (Å²) in [6.07, 6.45) is 0. The van der Waals surface area contributed by atoms with Crippen molar-refractivity contribution in [1.82, 2.24) is 0 Å². The third-order valence-corrected chi connectivity index (χ3v) is 4.30. The number of phenolic OH excluding ortho intramolecular Hbond substituents is 1. The molecule has 0 bridgehead atoms. The van der Waals surface area contributed by atoms with E-state index in [2.05, 4.69) is 4.74 Å². The highest BCUT2D eigenvalue weighted by molar-refractivity contribution is 6.31. The van der Waals surface area contributed by atoms with Gasteiger partial charge in [-0.25, -0.2) is 9.18 Å². The molecule has 23 heavy (non-hydrogen) atoms. The quantitative estimate of drug-likeness (QED) is 0.871. The topological polar surface area (TPSA) is 49.8 Å². The van der Waals surface area contributed by atoms with Gasteiger partial charge in [-0.15, -0.1) is 0 Å². The maximum absolute atomic E-state index is 13.7. The average Bonchev–Trinajstić information content (AvgIpc) is 2.46. The monoisotopic (exact) mass is 335 g/mol. The maximum Gasteiger partial charge on any atom is 0.338 e. The molecule has 120 valence electrons. The van der Waals surface area contributed by atoms with Crippen molar-refractivity contribution in [2.24, 2.45) is 0 Å². The minimum absolute atomic E-state index is 0.128. The number of esters is 1. The van der Waals surface area contributed by atoms with Gasteiger partial charge in [0.25, 0.3) is 0 Å². The van der Waals surface area contributed by atoms with Crippen molar-refractivity contribution >= 4 is 23.3 Å². The summed E-state index contributed by atoms with van der Waals surface area (Å²) >= 11 is 6.14. The second-order valence-electron chi connectivity index (χ2n) is 5.50. The first-order valence-electron chi connectivity index (χ1n) is 7.10. The number of phenols is 1. The van der Waals surface area contributed by atoms with Crippen molar-refractivity contribution in [3.8, 4) is 5.75 Å². The first-order valence-corrected chi connectivity index (χ1v) is 7.48. The zero-order valence-corrected chi connectivity index (χ0v) is 13.2. The van der Waals surface area contributed by atoms with Crippen LogP contribution in [0.1, 0.15) is 21.8 Å². The number of hydrogen-bond acceptors (Lipinski definition) is 4. The van der Waals surface area contributed by atoms with Crippen LogP contribution in [0.3, 0.4) is 0 Å². The minimum Gasteiger partial charge on any atom is -0.508 e. The molecule has 0 atom stereocenters. The van der Waals surface area contributed by atoms with Gasteiger partial charge in [-0.2, -0.15) is 0 Å². The molecule has 2 aromatic rings. The van der Waals surface area contributed by atoms with E-state index in [1.165, 1.54) is 19.2 Å². The van der Waals surface area contributed by atoms with Gasteiger partial charge in [-0.1, -0.05) is 17.7 Å². The van der Waals surface area contributed by atoms with E-state index < -0.39 is 11.8 Å². The Morgan fingerprint density at radius 1 is 1.30 bits per heavy atom. The number of nitrogens with zero attached hydrogens (tertiary/aromatic N) is 1. The summed E-state index contributed by atoms with van der Waals surface area (Å²) in [5.41, 5.74) is 1.77. The van der Waals surface area contributed by atoms with Gasteiger partial charge in [-0.3, -0.25) is 0 Å². The van der Waals surface area contributed by atoms with Crippen molar-refractivity contribution in [3.63, 3.8) is 0 Å². The summed E-state index contributed by atoms with van der Waals surface area (Å²) in [6, 6.07) is 9.07. The fourth-order valence-electron chi connectivity index (χ4n) is 2.73. The van der Waals surface area contributed by atoms with Crippen molar-refractivity contribution < 1.29 is 19.0 Å². The number of benzene rings is 2. The van der Waals surface area contributed by atoms with E-state index in [1.54, 1.807) is 18.2 Å². The van der Waals surface area contributed by atoms with Crippen LogP contribution < -0.4 is 4.90 Å². The predicted molar refractivity (Wildman–Crippen MR) is 85.8 cm³/mol. The Morgan fingerprint density at radius 2 is 2.04 bits per heavy atom. The van der Waals surface area contributed by atoms with Gasteiger partial charge in [0.05, 0.1) is 12.7 Å². The lowest BCUT2D eigenvalue weighted by Gasteiger charge is -2.41. The molecule has 1 aliphatic heterocycles. The molecule has 6 heteroatoms. The molecule has 2 aromatic carbocycles. The third kappa shape index (κ3) is 3.10. The minimum atomic E-state index is -0.565. The molecule has 0 saturated carbocycles. The van der Waals surface area contributed by atoms with Crippen LogP contribution in [0.15, 0.2) is 36.4 Å². The molecule has 0 spiro atoms. The molecular weight excluding hydrogens is 321 g/mol. The van der Waals surface area contributed by atoms with E-state index in [4.69, 9.17) is 11.6 Å². The van der Waals surface area contributed by atoms with Crippen molar-refractivity contribution in [1.29, 1.82) is 0 Å². The van der Waals surface area contributed by atoms with Crippen molar-refractivity contribution in [2.45, 2.75) is 5.92 Å². The van der Waals surface area contributed by atoms with E-state index in [-0.39, 0.29) is 17.2 Å². The van der Waals surface area contributed by atoms with Crippen LogP contribution in [0.25, 0.3) is 0 Å². The van der Waals surface area contributed by atoms with Crippen molar-refractivity contribution in [3.05, 3.63) is 58.4 Å². The molecule has 0 unspecified atom stereocenters. The summed E-state index contributed by atoms with van der Waals surface area (Å²) in [5, 5.41) is 9.91. The molecular formula is C17H15ClFNO3. The first kappa shape index (κ1) is 15.6. The van der Waals surface area contributed by atoms with Gasteiger partial charge in [0.1, 0.15) is 11.6 Å². The number of aromatic hydroxyl groups is 1. The van der Waals surface area contributed by atoms with Gasteiger partial charge >= 0.3 is 5.97 Å². The lowest BCUT2D eigenvalue weighted by Crippen LogP contribution is -2.45. The van der Waals surface area contributed by atoms with E-state index in [0.717, 1.165) is 11.6 Å². The van der Waals surface area contributed by atoms with Gasteiger partial charge in [0.2, 0.25) is 0 Å². The lowest BCUT2D eigenvalue weighted by atomic mass is 9.90. The smallest absolute Gasteiger partial charge is 0.338 e. The lowest BCUT2D eigenvalue weighted by molar-refractivity contribution is 0.0600. The van der Waals surface area contributed by atoms with E-state index >= 15 is 0 Å². The second-order valence-corrected chi connectivity index (χ2v) is 5.90. The highest BCUT2D eigenvalue weighted by Crippen LogP contribution is 2.36. The van der Waals surface area contributed by atoms with Crippen LogP contribution >= 0.6 is 11.6 Å². The zero-order chi connectivity index (χ0) is 16.6. The number of carbonyl (C=O) groups is 1. The standard InChI is InChI=1S/C17H15ClFNO3/c1-23-17(22)10-4-12(19)6-13(5-10)20-8-11(9-20)15-3-2-14(21)7-16(15)18/h2-7,11,21H,8-9H2,1H3. The maximum atomic E-state index is 13.7. The number of ether oxygens (including phenoxy) is 1. The number of anilines is 1. The van der Waals surface area contributed by atoms with E-state index in [9.17, 15) is 14.3 Å². The fraction of sp³-hybridized carbons (Fsp3) is 0.235. The summed E-state index contributed by atoms with van der Waals surface area (Å²) in [4.78, 5) is 13.5. The normalized spacial score (nSPS) is 14.5. The van der Waals surface area contributed by atoms with Crippen molar-refractivity contribution in [2.75, 3.05) is 25.1 Å². The Kier molecular flexibility index (Phi) is 4.13. The summed E-state index contributed by atoms with van der Waals surface area (Å²) < 4.78 is 18.3.